The van der Waals surface area contributed by atoms with Crippen LogP contribution in [0.4, 0.5) is 0 Å². The molecular weight excluding hydrogens is 180 g/mol. The van der Waals surface area contributed by atoms with Gasteiger partial charge in [0.1, 0.15) is 6.61 Å². The van der Waals surface area contributed by atoms with Gasteiger partial charge in [-0.3, -0.25) is 4.79 Å². The van der Waals surface area contributed by atoms with Crippen molar-refractivity contribution in [3.63, 3.8) is 0 Å². The topological polar surface area (TPSA) is 41.6 Å². The van der Waals surface area contributed by atoms with Crippen molar-refractivity contribution in [2.45, 2.75) is 26.3 Å². The first-order valence-corrected chi connectivity index (χ1v) is 5.29. The minimum atomic E-state index is 0.126. The Bertz CT molecular complexity index is 183. The van der Waals surface area contributed by atoms with Gasteiger partial charge >= 0.3 is 0 Å². The van der Waals surface area contributed by atoms with Crippen molar-refractivity contribution < 1.29 is 9.53 Å². The van der Waals surface area contributed by atoms with Gasteiger partial charge in [-0.05, 0) is 13.0 Å². The molecule has 1 amide bonds. The Morgan fingerprint density at radius 1 is 1.57 bits per heavy atom. The van der Waals surface area contributed by atoms with Crippen molar-refractivity contribution in [3.05, 3.63) is 0 Å². The first-order chi connectivity index (χ1) is 6.70. The highest BCUT2D eigenvalue weighted by Gasteiger charge is 2.17. The highest BCUT2D eigenvalue weighted by atomic mass is 16.5. The van der Waals surface area contributed by atoms with Crippen molar-refractivity contribution in [1.29, 1.82) is 0 Å². The molecule has 0 spiro atoms. The minimum absolute atomic E-state index is 0.126. The van der Waals surface area contributed by atoms with Crippen LogP contribution < -0.4 is 5.32 Å². The summed E-state index contributed by atoms with van der Waals surface area (Å²) in [6.45, 7) is 7.77. The molecule has 1 N–H and O–H groups in total. The average molecular weight is 200 g/mol. The van der Waals surface area contributed by atoms with Crippen molar-refractivity contribution in [1.82, 2.24) is 10.2 Å². The number of morpholine rings is 1. The molecule has 1 aliphatic heterocycles. The summed E-state index contributed by atoms with van der Waals surface area (Å²) in [6.07, 6.45) is 1.02. The lowest BCUT2D eigenvalue weighted by atomic mass is 10.3. The van der Waals surface area contributed by atoms with Crippen LogP contribution in [0.5, 0.6) is 0 Å². The second-order valence-electron chi connectivity index (χ2n) is 3.90. The normalized spacial score (nSPS) is 17.9. The molecular formula is C10H20N2O2. The van der Waals surface area contributed by atoms with Crippen LogP contribution in [0.25, 0.3) is 0 Å². The number of amides is 1. The zero-order valence-electron chi connectivity index (χ0n) is 9.08. The number of hydrogen-bond donors (Lipinski definition) is 1. The van der Waals surface area contributed by atoms with Gasteiger partial charge in [0.15, 0.2) is 0 Å². The van der Waals surface area contributed by atoms with Gasteiger partial charge in [0.05, 0.1) is 6.61 Å². The molecule has 1 fully saturated rings. The van der Waals surface area contributed by atoms with E-state index in [4.69, 9.17) is 4.74 Å². The molecule has 1 aliphatic rings. The number of hydrogen-bond acceptors (Lipinski definition) is 3. The summed E-state index contributed by atoms with van der Waals surface area (Å²) in [4.78, 5) is 13.2. The molecule has 1 rings (SSSR count). The lowest BCUT2D eigenvalue weighted by Crippen LogP contribution is -2.42. The van der Waals surface area contributed by atoms with Crippen LogP contribution in [0.2, 0.25) is 0 Å². The molecule has 14 heavy (non-hydrogen) atoms. The highest BCUT2D eigenvalue weighted by molar-refractivity contribution is 5.77. The van der Waals surface area contributed by atoms with E-state index in [0.717, 1.165) is 26.1 Å². The molecule has 0 saturated carbocycles. The smallest absolute Gasteiger partial charge is 0.248 e. The van der Waals surface area contributed by atoms with Crippen molar-refractivity contribution in [3.8, 4) is 0 Å². The Labute approximate surface area is 85.6 Å². The number of nitrogens with zero attached hydrogens (tertiary/aromatic N) is 1. The van der Waals surface area contributed by atoms with Gasteiger partial charge in [-0.25, -0.2) is 0 Å². The molecule has 0 radical (unpaired) electrons. The molecule has 1 heterocycles. The predicted octanol–water partition coefficient (Wildman–Crippen LogP) is 0.233. The molecule has 0 bridgehead atoms. The van der Waals surface area contributed by atoms with E-state index >= 15 is 0 Å². The molecule has 82 valence electrons. The number of rotatable bonds is 5. The summed E-state index contributed by atoms with van der Waals surface area (Å²) in [5.41, 5.74) is 0. The Hall–Kier alpha value is -0.610. The third kappa shape index (κ3) is 4.07. The molecule has 4 nitrogen and oxygen atoms in total. The lowest BCUT2D eigenvalue weighted by molar-refractivity contribution is -0.142. The fourth-order valence-electron chi connectivity index (χ4n) is 1.45. The monoisotopic (exact) mass is 200 g/mol. The molecule has 1 saturated heterocycles. The van der Waals surface area contributed by atoms with Crippen molar-refractivity contribution >= 4 is 5.91 Å². The van der Waals surface area contributed by atoms with Gasteiger partial charge in [0.2, 0.25) is 5.91 Å². The van der Waals surface area contributed by atoms with Gasteiger partial charge in [-0.1, -0.05) is 13.8 Å². The standard InChI is InChI=1S/C10H20N2O2/c1-9(2)11-4-3-5-12-6-7-14-8-10(12)13/h9,11H,3-8H2,1-2H3. The maximum absolute atomic E-state index is 11.3. The van der Waals surface area contributed by atoms with Gasteiger partial charge in [-0.2, -0.15) is 0 Å². The van der Waals surface area contributed by atoms with E-state index in [0.29, 0.717) is 12.6 Å². The SMILES string of the molecule is CC(C)NCCCN1CCOCC1=O. The van der Waals surface area contributed by atoms with Gasteiger partial charge in [0, 0.05) is 19.1 Å². The van der Waals surface area contributed by atoms with Crippen LogP contribution in [0, 0.1) is 0 Å². The number of nitrogens with one attached hydrogen (secondary N) is 1. The molecule has 0 atom stereocenters. The summed E-state index contributed by atoms with van der Waals surface area (Å²) in [5, 5.41) is 3.33. The zero-order chi connectivity index (χ0) is 10.4. The lowest BCUT2D eigenvalue weighted by Gasteiger charge is -2.26. The Morgan fingerprint density at radius 3 is 3.00 bits per heavy atom. The van der Waals surface area contributed by atoms with E-state index in [1.165, 1.54) is 0 Å². The maximum atomic E-state index is 11.3. The number of carbonyl (C=O) groups excluding carboxylic acids is 1. The maximum Gasteiger partial charge on any atom is 0.248 e. The molecule has 0 aromatic carbocycles. The van der Waals surface area contributed by atoms with Crippen molar-refractivity contribution in [2.75, 3.05) is 32.8 Å². The van der Waals surface area contributed by atoms with E-state index in [1.807, 2.05) is 4.90 Å². The highest BCUT2D eigenvalue weighted by Crippen LogP contribution is 1.99. The molecule has 4 heteroatoms. The van der Waals surface area contributed by atoms with Crippen LogP contribution in [-0.2, 0) is 9.53 Å². The predicted molar refractivity (Wildman–Crippen MR) is 55.2 cm³/mol. The molecule has 0 aromatic rings. The minimum Gasteiger partial charge on any atom is -0.370 e. The quantitative estimate of drug-likeness (QED) is 0.646. The Balaban J connectivity index is 2.07. The summed E-state index contributed by atoms with van der Waals surface area (Å²) < 4.78 is 5.05. The average Bonchev–Trinajstić information content (AvgIpc) is 2.15. The van der Waals surface area contributed by atoms with Crippen molar-refractivity contribution in [2.24, 2.45) is 0 Å². The third-order valence-electron chi connectivity index (χ3n) is 2.24. The largest absolute Gasteiger partial charge is 0.370 e. The number of ether oxygens (including phenoxy) is 1. The summed E-state index contributed by atoms with van der Waals surface area (Å²) in [6, 6.07) is 0.524. The van der Waals surface area contributed by atoms with Gasteiger partial charge in [0.25, 0.3) is 0 Å². The second kappa shape index (κ2) is 5.98. The Morgan fingerprint density at radius 2 is 2.36 bits per heavy atom. The molecule has 0 aliphatic carbocycles. The van der Waals surface area contributed by atoms with Crippen LogP contribution in [-0.4, -0.2) is 49.7 Å². The summed E-state index contributed by atoms with van der Waals surface area (Å²) in [7, 11) is 0. The molecule has 0 unspecified atom stereocenters. The first kappa shape index (κ1) is 11.5. The van der Waals surface area contributed by atoms with E-state index < -0.39 is 0 Å². The fraction of sp³-hybridized carbons (Fsp3) is 0.900. The van der Waals surface area contributed by atoms with Crippen LogP contribution in [0.3, 0.4) is 0 Å². The second-order valence-corrected chi connectivity index (χ2v) is 3.90. The van der Waals surface area contributed by atoms with Crippen LogP contribution >= 0.6 is 0 Å². The zero-order valence-corrected chi connectivity index (χ0v) is 9.08. The van der Waals surface area contributed by atoms with Crippen LogP contribution in [0.15, 0.2) is 0 Å². The first-order valence-electron chi connectivity index (χ1n) is 5.29. The van der Waals surface area contributed by atoms with E-state index in [1.54, 1.807) is 0 Å². The Kier molecular flexibility index (Phi) is 4.90. The number of carbonyl (C=O) groups is 1. The van der Waals surface area contributed by atoms with E-state index in [2.05, 4.69) is 19.2 Å². The summed E-state index contributed by atoms with van der Waals surface area (Å²) >= 11 is 0. The van der Waals surface area contributed by atoms with E-state index in [-0.39, 0.29) is 12.5 Å². The third-order valence-corrected chi connectivity index (χ3v) is 2.24. The van der Waals surface area contributed by atoms with Gasteiger partial charge in [-0.15, -0.1) is 0 Å². The summed E-state index contributed by atoms with van der Waals surface area (Å²) in [5.74, 6) is 0.126. The molecule has 0 aromatic heterocycles. The fourth-order valence-corrected chi connectivity index (χ4v) is 1.45. The van der Waals surface area contributed by atoms with E-state index in [9.17, 15) is 4.79 Å². The van der Waals surface area contributed by atoms with Gasteiger partial charge < -0.3 is 15.0 Å². The van der Waals surface area contributed by atoms with Crippen LogP contribution in [0.1, 0.15) is 20.3 Å².